The number of halogens is 1. The molecule has 0 spiro atoms. The number of benzene rings is 1. The van der Waals surface area contributed by atoms with Crippen LogP contribution in [0.25, 0.3) is 0 Å². The molecule has 2 amide bonds. The molecule has 0 heterocycles. The Bertz CT molecular complexity index is 328. The van der Waals surface area contributed by atoms with Gasteiger partial charge in [-0.25, -0.2) is 4.79 Å². The molecule has 0 aliphatic carbocycles. The van der Waals surface area contributed by atoms with Gasteiger partial charge in [0.2, 0.25) is 0 Å². The zero-order chi connectivity index (χ0) is 9.84. The topological polar surface area (TPSA) is 64.3 Å². The summed E-state index contributed by atoms with van der Waals surface area (Å²) >= 11 is 5.76. The standard InChI is InChI=1S/C8H9ClN2O2/c1-13-7-4-5(11-8(10)12)2-3-6(7)9/h2-4H,1H3,(H3,10,11,12). The van der Waals surface area contributed by atoms with Gasteiger partial charge in [-0.3, -0.25) is 0 Å². The first-order valence-corrected chi connectivity index (χ1v) is 3.91. The van der Waals surface area contributed by atoms with Gasteiger partial charge in [0.15, 0.2) is 0 Å². The van der Waals surface area contributed by atoms with Crippen LogP contribution in [0.5, 0.6) is 5.75 Å². The highest BCUT2D eigenvalue weighted by atomic mass is 35.5. The Balaban J connectivity index is 2.92. The zero-order valence-corrected chi connectivity index (χ0v) is 7.76. The number of amides is 2. The molecule has 1 aromatic rings. The molecule has 0 saturated carbocycles. The molecule has 0 radical (unpaired) electrons. The van der Waals surface area contributed by atoms with E-state index in [1.807, 2.05) is 0 Å². The monoisotopic (exact) mass is 200 g/mol. The Hall–Kier alpha value is -1.42. The molecule has 0 unspecified atom stereocenters. The maximum Gasteiger partial charge on any atom is 0.316 e. The number of methoxy groups -OCH3 is 1. The van der Waals surface area contributed by atoms with Crippen molar-refractivity contribution < 1.29 is 9.53 Å². The second-order valence-electron chi connectivity index (χ2n) is 2.34. The summed E-state index contributed by atoms with van der Waals surface area (Å²) < 4.78 is 4.94. The van der Waals surface area contributed by atoms with Crippen LogP contribution in [-0.2, 0) is 0 Å². The summed E-state index contributed by atoms with van der Waals surface area (Å²) in [5.41, 5.74) is 5.48. The fourth-order valence-corrected chi connectivity index (χ4v) is 1.07. The minimum atomic E-state index is -0.621. The Labute approximate surface area is 80.6 Å². The van der Waals surface area contributed by atoms with Crippen LogP contribution in [-0.4, -0.2) is 13.1 Å². The molecule has 0 aliphatic heterocycles. The minimum Gasteiger partial charge on any atom is -0.495 e. The van der Waals surface area contributed by atoms with Crippen molar-refractivity contribution >= 4 is 23.3 Å². The van der Waals surface area contributed by atoms with Crippen LogP contribution in [0, 0.1) is 0 Å². The number of carbonyl (C=O) groups is 1. The molecule has 0 fully saturated rings. The van der Waals surface area contributed by atoms with Gasteiger partial charge in [0.05, 0.1) is 12.1 Å². The molecule has 0 aromatic heterocycles. The largest absolute Gasteiger partial charge is 0.495 e. The van der Waals surface area contributed by atoms with E-state index in [1.165, 1.54) is 7.11 Å². The number of nitrogens with two attached hydrogens (primary N) is 1. The fourth-order valence-electron chi connectivity index (χ4n) is 0.880. The molecule has 0 saturated heterocycles. The van der Waals surface area contributed by atoms with E-state index in [0.29, 0.717) is 16.5 Å². The van der Waals surface area contributed by atoms with Gasteiger partial charge in [-0.1, -0.05) is 11.6 Å². The number of urea groups is 1. The van der Waals surface area contributed by atoms with Crippen molar-refractivity contribution in [3.05, 3.63) is 23.2 Å². The maximum absolute atomic E-state index is 10.5. The van der Waals surface area contributed by atoms with E-state index in [0.717, 1.165) is 0 Å². The van der Waals surface area contributed by atoms with Crippen LogP contribution in [0.1, 0.15) is 0 Å². The Morgan fingerprint density at radius 1 is 1.62 bits per heavy atom. The van der Waals surface area contributed by atoms with Crippen molar-refractivity contribution in [2.45, 2.75) is 0 Å². The van der Waals surface area contributed by atoms with E-state index in [1.54, 1.807) is 18.2 Å². The number of anilines is 1. The van der Waals surface area contributed by atoms with E-state index in [4.69, 9.17) is 22.1 Å². The van der Waals surface area contributed by atoms with E-state index in [2.05, 4.69) is 5.32 Å². The van der Waals surface area contributed by atoms with Crippen LogP contribution in [0.15, 0.2) is 18.2 Å². The lowest BCUT2D eigenvalue weighted by Gasteiger charge is -2.05. The fraction of sp³-hybridized carbons (Fsp3) is 0.125. The summed E-state index contributed by atoms with van der Waals surface area (Å²) in [6.07, 6.45) is 0. The normalized spacial score (nSPS) is 9.38. The smallest absolute Gasteiger partial charge is 0.316 e. The highest BCUT2D eigenvalue weighted by molar-refractivity contribution is 6.32. The number of carbonyl (C=O) groups excluding carboxylic acids is 1. The molecule has 13 heavy (non-hydrogen) atoms. The number of ether oxygens (including phenoxy) is 1. The number of hydrogen-bond acceptors (Lipinski definition) is 2. The third kappa shape index (κ3) is 2.52. The molecular weight excluding hydrogens is 192 g/mol. The van der Waals surface area contributed by atoms with Gasteiger partial charge in [-0.2, -0.15) is 0 Å². The molecule has 4 nitrogen and oxygen atoms in total. The summed E-state index contributed by atoms with van der Waals surface area (Å²) in [4.78, 5) is 10.5. The maximum atomic E-state index is 10.5. The molecule has 0 bridgehead atoms. The van der Waals surface area contributed by atoms with Gasteiger partial charge in [0.25, 0.3) is 0 Å². The van der Waals surface area contributed by atoms with Gasteiger partial charge in [0.1, 0.15) is 5.75 Å². The van der Waals surface area contributed by atoms with Crippen molar-refractivity contribution in [3.63, 3.8) is 0 Å². The number of rotatable bonds is 2. The van der Waals surface area contributed by atoms with E-state index in [-0.39, 0.29) is 0 Å². The zero-order valence-electron chi connectivity index (χ0n) is 7.00. The van der Waals surface area contributed by atoms with Gasteiger partial charge in [-0.15, -0.1) is 0 Å². The second-order valence-corrected chi connectivity index (χ2v) is 2.75. The number of nitrogens with one attached hydrogen (secondary N) is 1. The van der Waals surface area contributed by atoms with Crippen LogP contribution in [0.2, 0.25) is 5.02 Å². The Morgan fingerprint density at radius 3 is 2.85 bits per heavy atom. The first-order valence-electron chi connectivity index (χ1n) is 3.53. The average Bonchev–Trinajstić information content (AvgIpc) is 2.07. The number of primary amides is 1. The van der Waals surface area contributed by atoms with Gasteiger partial charge in [-0.05, 0) is 12.1 Å². The van der Waals surface area contributed by atoms with E-state index in [9.17, 15) is 4.79 Å². The summed E-state index contributed by atoms with van der Waals surface area (Å²) in [6, 6.07) is 4.22. The summed E-state index contributed by atoms with van der Waals surface area (Å²) in [6.45, 7) is 0. The lowest BCUT2D eigenvalue weighted by Crippen LogP contribution is -2.19. The quantitative estimate of drug-likeness (QED) is 0.765. The van der Waals surface area contributed by atoms with Crippen LogP contribution >= 0.6 is 11.6 Å². The van der Waals surface area contributed by atoms with Gasteiger partial charge in [0, 0.05) is 11.8 Å². The van der Waals surface area contributed by atoms with Crippen molar-refractivity contribution in [3.8, 4) is 5.75 Å². The molecule has 5 heteroatoms. The van der Waals surface area contributed by atoms with Crippen molar-refractivity contribution in [1.82, 2.24) is 0 Å². The number of hydrogen-bond donors (Lipinski definition) is 2. The van der Waals surface area contributed by atoms with Gasteiger partial charge >= 0.3 is 6.03 Å². The Kier molecular flexibility index (Phi) is 2.97. The summed E-state index contributed by atoms with van der Waals surface area (Å²) in [7, 11) is 1.50. The lowest BCUT2D eigenvalue weighted by atomic mass is 10.3. The highest BCUT2D eigenvalue weighted by Gasteiger charge is 2.02. The molecule has 0 aliphatic rings. The molecular formula is C8H9ClN2O2. The first-order chi connectivity index (χ1) is 6.13. The summed E-state index contributed by atoms with van der Waals surface area (Å²) in [5.74, 6) is 0.493. The average molecular weight is 201 g/mol. The molecule has 0 atom stereocenters. The minimum absolute atomic E-state index is 0.484. The third-order valence-electron chi connectivity index (χ3n) is 1.42. The Morgan fingerprint density at radius 2 is 2.31 bits per heavy atom. The molecule has 1 rings (SSSR count). The van der Waals surface area contributed by atoms with E-state index >= 15 is 0 Å². The predicted molar refractivity (Wildman–Crippen MR) is 51.2 cm³/mol. The van der Waals surface area contributed by atoms with Gasteiger partial charge < -0.3 is 15.8 Å². The van der Waals surface area contributed by atoms with Crippen molar-refractivity contribution in [2.75, 3.05) is 12.4 Å². The second kappa shape index (κ2) is 4.00. The molecule has 1 aromatic carbocycles. The van der Waals surface area contributed by atoms with Crippen LogP contribution in [0.4, 0.5) is 10.5 Å². The lowest BCUT2D eigenvalue weighted by molar-refractivity contribution is 0.259. The van der Waals surface area contributed by atoms with Crippen LogP contribution in [0.3, 0.4) is 0 Å². The van der Waals surface area contributed by atoms with Crippen molar-refractivity contribution in [1.29, 1.82) is 0 Å². The molecule has 70 valence electrons. The predicted octanol–water partition coefficient (Wildman–Crippen LogP) is 1.84. The first kappa shape index (κ1) is 9.67. The summed E-state index contributed by atoms with van der Waals surface area (Å²) in [5, 5.41) is 2.89. The SMILES string of the molecule is COc1cc(NC(N)=O)ccc1Cl. The van der Waals surface area contributed by atoms with E-state index < -0.39 is 6.03 Å². The van der Waals surface area contributed by atoms with Crippen LogP contribution < -0.4 is 15.8 Å². The third-order valence-corrected chi connectivity index (χ3v) is 1.73. The highest BCUT2D eigenvalue weighted by Crippen LogP contribution is 2.27. The molecule has 3 N–H and O–H groups in total. The van der Waals surface area contributed by atoms with Crippen molar-refractivity contribution in [2.24, 2.45) is 5.73 Å².